The maximum atomic E-state index is 11.7. The molecule has 2 aromatic rings. The number of hydrogen-bond donors (Lipinski definition) is 1. The van der Waals surface area contributed by atoms with Crippen LogP contribution in [0.2, 0.25) is 5.28 Å². The Kier molecular flexibility index (Phi) is 3.65. The normalized spacial score (nSPS) is 10.0. The highest BCUT2D eigenvalue weighted by Crippen LogP contribution is 2.10. The molecule has 0 aromatic carbocycles. The molecule has 0 fully saturated rings. The molecule has 1 amide bonds. The van der Waals surface area contributed by atoms with Crippen molar-refractivity contribution in [1.82, 2.24) is 15.0 Å². The number of aromatic nitrogens is 3. The molecular weight excluding hydrogens is 307 g/mol. The maximum absolute atomic E-state index is 11.7. The quantitative estimate of drug-likeness (QED) is 0.865. The van der Waals surface area contributed by atoms with Gasteiger partial charge in [-0.1, -0.05) is 0 Å². The zero-order valence-electron chi connectivity index (χ0n) is 8.39. The van der Waals surface area contributed by atoms with E-state index >= 15 is 0 Å². The van der Waals surface area contributed by atoms with Crippen molar-refractivity contribution in [3.8, 4) is 0 Å². The van der Waals surface area contributed by atoms with Gasteiger partial charge in [-0.3, -0.25) is 4.79 Å². The summed E-state index contributed by atoms with van der Waals surface area (Å²) in [5.74, 6) is -0.0213. The van der Waals surface area contributed by atoms with Gasteiger partial charge in [-0.05, 0) is 45.7 Å². The smallest absolute Gasteiger partial charge is 0.275 e. The van der Waals surface area contributed by atoms with Gasteiger partial charge < -0.3 is 5.32 Å². The lowest BCUT2D eigenvalue weighted by Gasteiger charge is -2.03. The molecule has 0 saturated heterocycles. The maximum Gasteiger partial charge on any atom is 0.275 e. The molecule has 1 N–H and O–H groups in total. The summed E-state index contributed by atoms with van der Waals surface area (Å²) >= 11 is 8.84. The summed E-state index contributed by atoms with van der Waals surface area (Å²) in [5, 5.41) is 2.64. The number of rotatable bonds is 2. The molecule has 0 saturated carbocycles. The first-order valence-corrected chi connectivity index (χ1v) is 5.74. The summed E-state index contributed by atoms with van der Waals surface area (Å²) in [6.45, 7) is 0. The van der Waals surface area contributed by atoms with Crippen molar-refractivity contribution in [2.75, 3.05) is 5.32 Å². The van der Waals surface area contributed by atoms with Gasteiger partial charge in [0, 0.05) is 16.9 Å². The van der Waals surface area contributed by atoms with E-state index in [1.165, 1.54) is 6.20 Å². The molecule has 0 radical (unpaired) electrons. The van der Waals surface area contributed by atoms with E-state index in [1.54, 1.807) is 24.4 Å². The lowest BCUT2D eigenvalue weighted by atomic mass is 10.3. The van der Waals surface area contributed by atoms with Crippen LogP contribution < -0.4 is 5.32 Å². The van der Waals surface area contributed by atoms with Crippen LogP contribution in [-0.4, -0.2) is 20.9 Å². The third kappa shape index (κ3) is 3.21. The Morgan fingerprint density at radius 3 is 2.76 bits per heavy atom. The van der Waals surface area contributed by atoms with Crippen molar-refractivity contribution in [3.05, 3.63) is 46.0 Å². The van der Waals surface area contributed by atoms with Crippen LogP contribution in [0.3, 0.4) is 0 Å². The molecule has 86 valence electrons. The number of halogens is 2. The molecule has 0 unspecified atom stereocenters. The Hall–Kier alpha value is -1.53. The van der Waals surface area contributed by atoms with Crippen molar-refractivity contribution < 1.29 is 4.79 Å². The first-order valence-electron chi connectivity index (χ1n) is 4.56. The minimum absolute atomic E-state index is 0.0755. The van der Waals surface area contributed by atoms with Crippen LogP contribution in [0, 0.1) is 0 Å². The van der Waals surface area contributed by atoms with Crippen LogP contribution in [0.4, 0.5) is 5.82 Å². The molecule has 2 heterocycles. The number of carbonyl (C=O) groups is 1. The number of nitrogens with one attached hydrogen (secondary N) is 1. The first-order chi connectivity index (χ1) is 8.15. The van der Waals surface area contributed by atoms with Crippen LogP contribution in [0.15, 0.2) is 35.1 Å². The number of amides is 1. The van der Waals surface area contributed by atoms with Crippen LogP contribution in [0.5, 0.6) is 0 Å². The Morgan fingerprint density at radius 1 is 1.29 bits per heavy atom. The summed E-state index contributed by atoms with van der Waals surface area (Å²) in [6, 6.07) is 4.87. The summed E-state index contributed by atoms with van der Waals surface area (Å²) in [4.78, 5) is 23.3. The van der Waals surface area contributed by atoms with Crippen molar-refractivity contribution in [2.45, 2.75) is 0 Å². The highest BCUT2D eigenvalue weighted by molar-refractivity contribution is 9.10. The number of anilines is 1. The molecule has 0 aliphatic rings. The Bertz CT molecular complexity index is 546. The van der Waals surface area contributed by atoms with Gasteiger partial charge in [-0.15, -0.1) is 0 Å². The second-order valence-corrected chi connectivity index (χ2v) is 4.28. The van der Waals surface area contributed by atoms with Crippen molar-refractivity contribution in [2.24, 2.45) is 0 Å². The third-order valence-corrected chi connectivity index (χ3v) is 2.48. The highest BCUT2D eigenvalue weighted by Gasteiger charge is 2.08. The number of hydrogen-bond acceptors (Lipinski definition) is 4. The number of carbonyl (C=O) groups excluding carboxylic acids is 1. The molecule has 0 bridgehead atoms. The van der Waals surface area contributed by atoms with E-state index in [2.05, 4.69) is 36.2 Å². The lowest BCUT2D eigenvalue weighted by molar-refractivity contribution is 0.102. The van der Waals surface area contributed by atoms with Gasteiger partial charge in [0.25, 0.3) is 5.91 Å². The van der Waals surface area contributed by atoms with Crippen LogP contribution in [0.25, 0.3) is 0 Å². The van der Waals surface area contributed by atoms with Gasteiger partial charge in [0.05, 0.1) is 0 Å². The van der Waals surface area contributed by atoms with E-state index in [0.29, 0.717) is 11.5 Å². The molecule has 0 aliphatic carbocycles. The van der Waals surface area contributed by atoms with Crippen LogP contribution in [-0.2, 0) is 0 Å². The minimum Gasteiger partial charge on any atom is -0.305 e. The van der Waals surface area contributed by atoms with Gasteiger partial charge in [0.2, 0.25) is 5.28 Å². The van der Waals surface area contributed by atoms with Crippen molar-refractivity contribution in [1.29, 1.82) is 0 Å². The van der Waals surface area contributed by atoms with Crippen LogP contribution in [0.1, 0.15) is 10.5 Å². The average molecular weight is 314 g/mol. The summed E-state index contributed by atoms with van der Waals surface area (Å²) in [6.07, 6.45) is 3.00. The first kappa shape index (κ1) is 11.9. The van der Waals surface area contributed by atoms with Gasteiger partial charge in [-0.2, -0.15) is 0 Å². The monoisotopic (exact) mass is 312 g/mol. The SMILES string of the molecule is O=C(Nc1ccnc(Cl)n1)c1ccc(Br)cn1. The standard InChI is InChI=1S/C10H6BrClN4O/c11-6-1-2-7(14-5-6)9(17)15-8-3-4-13-10(12)16-8/h1-5H,(H,13,15,16,17). The molecule has 0 aliphatic heterocycles. The summed E-state index contributed by atoms with van der Waals surface area (Å²) in [5.41, 5.74) is 0.294. The van der Waals surface area contributed by atoms with Gasteiger partial charge in [0.15, 0.2) is 0 Å². The largest absolute Gasteiger partial charge is 0.305 e. The fourth-order valence-corrected chi connectivity index (χ4v) is 1.48. The average Bonchev–Trinajstić information content (AvgIpc) is 2.29. The van der Waals surface area contributed by atoms with E-state index in [0.717, 1.165) is 4.47 Å². The van der Waals surface area contributed by atoms with Gasteiger partial charge in [0.1, 0.15) is 11.5 Å². The Labute approximate surface area is 110 Å². The Morgan fingerprint density at radius 2 is 2.12 bits per heavy atom. The highest BCUT2D eigenvalue weighted by atomic mass is 79.9. The second kappa shape index (κ2) is 5.20. The minimum atomic E-state index is -0.354. The molecule has 2 rings (SSSR count). The second-order valence-electron chi connectivity index (χ2n) is 3.03. The van der Waals surface area contributed by atoms with Gasteiger partial charge >= 0.3 is 0 Å². The number of pyridine rings is 1. The fourth-order valence-electron chi connectivity index (χ4n) is 1.10. The molecule has 7 heteroatoms. The van der Waals surface area contributed by atoms with E-state index < -0.39 is 0 Å². The molecule has 17 heavy (non-hydrogen) atoms. The zero-order chi connectivity index (χ0) is 12.3. The molecule has 0 spiro atoms. The molecule has 0 atom stereocenters. The van der Waals surface area contributed by atoms with Crippen molar-refractivity contribution in [3.63, 3.8) is 0 Å². The fraction of sp³-hybridized carbons (Fsp3) is 0. The third-order valence-electron chi connectivity index (χ3n) is 1.83. The summed E-state index contributed by atoms with van der Waals surface area (Å²) in [7, 11) is 0. The topological polar surface area (TPSA) is 67.8 Å². The molecule has 2 aromatic heterocycles. The van der Waals surface area contributed by atoms with E-state index in [1.807, 2.05) is 0 Å². The Balaban J connectivity index is 2.14. The number of nitrogens with zero attached hydrogens (tertiary/aromatic N) is 3. The zero-order valence-corrected chi connectivity index (χ0v) is 10.7. The van der Waals surface area contributed by atoms with Crippen LogP contribution >= 0.6 is 27.5 Å². The molecule has 5 nitrogen and oxygen atoms in total. The van der Waals surface area contributed by atoms with E-state index in [4.69, 9.17) is 11.6 Å². The van der Waals surface area contributed by atoms with Crippen molar-refractivity contribution >= 4 is 39.3 Å². The predicted octanol–water partition coefficient (Wildman–Crippen LogP) is 2.54. The summed E-state index contributed by atoms with van der Waals surface area (Å²) < 4.78 is 0.805. The van der Waals surface area contributed by atoms with E-state index in [-0.39, 0.29) is 11.2 Å². The van der Waals surface area contributed by atoms with E-state index in [9.17, 15) is 4.79 Å². The lowest BCUT2D eigenvalue weighted by Crippen LogP contribution is -2.14. The molecular formula is C10H6BrClN4O. The van der Waals surface area contributed by atoms with Gasteiger partial charge in [-0.25, -0.2) is 15.0 Å². The predicted molar refractivity (Wildman–Crippen MR) is 66.9 cm³/mol.